The first-order valence-electron chi connectivity index (χ1n) is 9.59. The zero-order valence-electron chi connectivity index (χ0n) is 17.5. The first kappa shape index (κ1) is 24.2. The Morgan fingerprint density at radius 1 is 1.07 bits per heavy atom. The number of hydrogen-bond donors (Lipinski definition) is 1. The number of methoxy groups -OCH3 is 2. The normalized spacial score (nSPS) is 13.2. The molecule has 30 heavy (non-hydrogen) atoms. The molecule has 2 unspecified atom stereocenters. The van der Waals surface area contributed by atoms with Crippen LogP contribution in [0, 0.1) is 5.92 Å². The molecular weight excluding hydrogens is 429 g/mol. The van der Waals surface area contributed by atoms with Crippen LogP contribution in [0.25, 0.3) is 0 Å². The summed E-state index contributed by atoms with van der Waals surface area (Å²) in [4.78, 5) is 28.8. The summed E-state index contributed by atoms with van der Waals surface area (Å²) in [7, 11) is 2.65. The second-order valence-electron chi connectivity index (χ2n) is 7.44. The zero-order chi connectivity index (χ0) is 22.3. The maximum atomic E-state index is 12.4. The molecule has 2 atom stereocenters. The highest BCUT2D eigenvalue weighted by Gasteiger charge is 2.29. The predicted molar refractivity (Wildman–Crippen MR) is 116 cm³/mol. The zero-order valence-corrected chi connectivity index (χ0v) is 19.0. The number of benzene rings is 1. The number of esters is 2. The molecule has 1 aromatic carbocycles. The molecule has 0 radical (unpaired) electrons. The quantitative estimate of drug-likeness (QED) is 0.552. The van der Waals surface area contributed by atoms with Crippen LogP contribution in [0.1, 0.15) is 31.5 Å². The van der Waals surface area contributed by atoms with Crippen molar-refractivity contribution in [2.75, 3.05) is 14.2 Å². The Hall–Kier alpha value is -2.09. The molecule has 1 aromatic heterocycles. The average molecular weight is 456 g/mol. The fourth-order valence-corrected chi connectivity index (χ4v) is 3.78. The van der Waals surface area contributed by atoms with Crippen LogP contribution >= 0.6 is 23.2 Å². The number of hydrogen-bond acceptors (Lipinski definition) is 6. The summed E-state index contributed by atoms with van der Waals surface area (Å²) in [5.74, 6) is -0.649. The molecule has 164 valence electrons. The minimum Gasteiger partial charge on any atom is -0.468 e. The number of rotatable bonds is 10. The lowest BCUT2D eigenvalue weighted by Gasteiger charge is -2.24. The molecule has 7 nitrogen and oxygen atoms in total. The highest BCUT2D eigenvalue weighted by atomic mass is 35.5. The van der Waals surface area contributed by atoms with Crippen LogP contribution in [-0.2, 0) is 32.0 Å². The van der Waals surface area contributed by atoms with Crippen molar-refractivity contribution in [1.29, 1.82) is 0 Å². The van der Waals surface area contributed by atoms with Gasteiger partial charge in [-0.15, -0.1) is 0 Å². The van der Waals surface area contributed by atoms with Crippen LogP contribution in [0.15, 0.2) is 30.7 Å². The van der Waals surface area contributed by atoms with Gasteiger partial charge < -0.3 is 14.0 Å². The van der Waals surface area contributed by atoms with E-state index in [0.29, 0.717) is 23.0 Å². The van der Waals surface area contributed by atoms with E-state index in [1.54, 1.807) is 18.6 Å². The molecule has 0 spiro atoms. The fraction of sp³-hybridized carbons (Fsp3) is 0.476. The summed E-state index contributed by atoms with van der Waals surface area (Å²) in [5, 5.41) is 4.19. The molecule has 1 N–H and O–H groups in total. The second-order valence-corrected chi connectivity index (χ2v) is 8.32. The number of nitrogens with zero attached hydrogens (tertiary/aromatic N) is 2. The first-order valence-corrected chi connectivity index (χ1v) is 10.3. The summed E-state index contributed by atoms with van der Waals surface area (Å²) in [6.07, 6.45) is 4.16. The minimum absolute atomic E-state index is 0.234. The van der Waals surface area contributed by atoms with Crippen molar-refractivity contribution in [2.24, 2.45) is 5.92 Å². The molecule has 2 aromatic rings. The van der Waals surface area contributed by atoms with Gasteiger partial charge in [0, 0.05) is 34.9 Å². The Morgan fingerprint density at radius 3 is 2.23 bits per heavy atom. The van der Waals surface area contributed by atoms with Gasteiger partial charge in [0.25, 0.3) is 0 Å². The van der Waals surface area contributed by atoms with Crippen LogP contribution < -0.4 is 5.32 Å². The molecule has 0 aliphatic carbocycles. The van der Waals surface area contributed by atoms with E-state index in [-0.39, 0.29) is 12.3 Å². The van der Waals surface area contributed by atoms with Gasteiger partial charge in [0.2, 0.25) is 0 Å². The highest BCUT2D eigenvalue weighted by Crippen LogP contribution is 2.20. The van der Waals surface area contributed by atoms with Gasteiger partial charge in [-0.2, -0.15) is 0 Å². The Bertz CT molecular complexity index is 849. The van der Waals surface area contributed by atoms with Gasteiger partial charge in [-0.3, -0.25) is 14.9 Å². The average Bonchev–Trinajstić information content (AvgIpc) is 3.10. The number of ether oxygens (including phenoxy) is 2. The molecule has 0 saturated carbocycles. The van der Waals surface area contributed by atoms with Crippen molar-refractivity contribution < 1.29 is 19.1 Å². The Morgan fingerprint density at radius 2 is 1.67 bits per heavy atom. The maximum Gasteiger partial charge on any atom is 0.323 e. The van der Waals surface area contributed by atoms with Gasteiger partial charge >= 0.3 is 11.9 Å². The topological polar surface area (TPSA) is 82.5 Å². The SMILES string of the molecule is COC(=O)C(Cc1cncn1Cc1cc(Cl)cc(Cl)c1)NC(CC(C)C)C(=O)OC. The molecule has 0 aliphatic rings. The molecule has 0 saturated heterocycles. The van der Waals surface area contributed by atoms with Gasteiger partial charge in [-0.25, -0.2) is 4.98 Å². The molecule has 9 heteroatoms. The largest absolute Gasteiger partial charge is 0.468 e. The maximum absolute atomic E-state index is 12.4. The Balaban J connectivity index is 2.22. The lowest BCUT2D eigenvalue weighted by molar-refractivity contribution is -0.146. The highest BCUT2D eigenvalue weighted by molar-refractivity contribution is 6.34. The summed E-state index contributed by atoms with van der Waals surface area (Å²) in [6, 6.07) is 3.95. The first-order chi connectivity index (χ1) is 14.2. The molecule has 1 heterocycles. The van der Waals surface area contributed by atoms with E-state index in [9.17, 15) is 9.59 Å². The van der Waals surface area contributed by atoms with Crippen LogP contribution in [0.2, 0.25) is 10.0 Å². The van der Waals surface area contributed by atoms with Crippen LogP contribution in [0.3, 0.4) is 0 Å². The summed E-state index contributed by atoms with van der Waals surface area (Å²) in [6.45, 7) is 4.47. The second kappa shape index (κ2) is 11.3. The number of aromatic nitrogens is 2. The predicted octanol–water partition coefficient (Wildman–Crippen LogP) is 3.50. The molecule has 0 bridgehead atoms. The van der Waals surface area contributed by atoms with E-state index in [0.717, 1.165) is 11.3 Å². The lowest BCUT2D eigenvalue weighted by Crippen LogP contribution is -2.49. The van der Waals surface area contributed by atoms with Crippen LogP contribution in [-0.4, -0.2) is 47.8 Å². The monoisotopic (exact) mass is 455 g/mol. The lowest BCUT2D eigenvalue weighted by atomic mass is 10.0. The minimum atomic E-state index is -0.740. The van der Waals surface area contributed by atoms with Gasteiger partial charge in [-0.05, 0) is 36.1 Å². The Kier molecular flexibility index (Phi) is 9.14. The third kappa shape index (κ3) is 7.00. The van der Waals surface area contributed by atoms with Crippen LogP contribution in [0.5, 0.6) is 0 Å². The van der Waals surface area contributed by atoms with Gasteiger partial charge in [0.1, 0.15) is 12.1 Å². The van der Waals surface area contributed by atoms with E-state index < -0.39 is 24.0 Å². The van der Waals surface area contributed by atoms with E-state index >= 15 is 0 Å². The number of halogens is 2. The third-order valence-corrected chi connectivity index (χ3v) is 5.00. The van der Waals surface area contributed by atoms with Crippen molar-refractivity contribution >= 4 is 35.1 Å². The van der Waals surface area contributed by atoms with E-state index in [1.807, 2.05) is 30.5 Å². The van der Waals surface area contributed by atoms with E-state index in [4.69, 9.17) is 32.7 Å². The van der Waals surface area contributed by atoms with Crippen molar-refractivity contribution in [1.82, 2.24) is 14.9 Å². The van der Waals surface area contributed by atoms with Gasteiger partial charge in [-0.1, -0.05) is 37.0 Å². The number of imidazole rings is 1. The van der Waals surface area contributed by atoms with Crippen molar-refractivity contribution in [3.63, 3.8) is 0 Å². The third-order valence-electron chi connectivity index (χ3n) is 4.57. The molecule has 0 amide bonds. The molecule has 0 aliphatic heterocycles. The number of carbonyl (C=O) groups excluding carboxylic acids is 2. The molecule has 2 rings (SSSR count). The van der Waals surface area contributed by atoms with Gasteiger partial charge in [0.05, 0.1) is 20.5 Å². The van der Waals surface area contributed by atoms with Crippen molar-refractivity contribution in [3.8, 4) is 0 Å². The van der Waals surface area contributed by atoms with Crippen LogP contribution in [0.4, 0.5) is 0 Å². The summed E-state index contributed by atoms with van der Waals surface area (Å²) < 4.78 is 11.7. The van der Waals surface area contributed by atoms with Gasteiger partial charge in [0.15, 0.2) is 0 Å². The van der Waals surface area contributed by atoms with Crippen molar-refractivity contribution in [2.45, 2.75) is 45.3 Å². The van der Waals surface area contributed by atoms with E-state index in [1.165, 1.54) is 14.2 Å². The van der Waals surface area contributed by atoms with E-state index in [2.05, 4.69) is 10.3 Å². The summed E-state index contributed by atoms with van der Waals surface area (Å²) >= 11 is 12.2. The molecule has 0 fully saturated rings. The van der Waals surface area contributed by atoms with Crippen molar-refractivity contribution in [3.05, 3.63) is 52.0 Å². The standard InChI is InChI=1S/C21H27Cl2N3O4/c1-13(2)5-18(20(27)29-3)25-19(21(28)30-4)9-17-10-24-12-26(17)11-14-6-15(22)8-16(23)7-14/h6-8,10,12-13,18-19,25H,5,9,11H2,1-4H3. The smallest absolute Gasteiger partial charge is 0.323 e. The number of nitrogens with one attached hydrogen (secondary N) is 1. The molecular formula is C21H27Cl2N3O4. The Labute approximate surface area is 186 Å². The number of carbonyl (C=O) groups is 2. The summed E-state index contributed by atoms with van der Waals surface area (Å²) in [5.41, 5.74) is 1.70. The fourth-order valence-electron chi connectivity index (χ4n) is 3.21.